The minimum absolute atomic E-state index is 0.107. The number of nitrogens with zero attached hydrogens (tertiary/aromatic N) is 3. The Kier molecular flexibility index (Phi) is 3.77. The van der Waals surface area contributed by atoms with Crippen molar-refractivity contribution in [2.24, 2.45) is 0 Å². The van der Waals surface area contributed by atoms with Crippen LogP contribution in [0.25, 0.3) is 0 Å². The second kappa shape index (κ2) is 5.21. The Balaban J connectivity index is 2.21. The molecule has 0 aromatic carbocycles. The van der Waals surface area contributed by atoms with Crippen LogP contribution in [0.3, 0.4) is 0 Å². The van der Waals surface area contributed by atoms with Gasteiger partial charge in [0.05, 0.1) is 11.9 Å². The lowest BCUT2D eigenvalue weighted by Gasteiger charge is -2.01. The highest BCUT2D eigenvalue weighted by atomic mass is 32.2. The van der Waals surface area contributed by atoms with Gasteiger partial charge in [0.25, 0.3) is 10.0 Å². The Morgan fingerprint density at radius 3 is 2.75 bits per heavy atom. The van der Waals surface area contributed by atoms with Gasteiger partial charge in [-0.3, -0.25) is 14.2 Å². The van der Waals surface area contributed by atoms with Crippen LogP contribution < -0.4 is 4.72 Å². The van der Waals surface area contributed by atoms with Crippen LogP contribution in [0.2, 0.25) is 0 Å². The lowest BCUT2D eigenvalue weighted by Crippen LogP contribution is -2.12. The molecule has 0 fully saturated rings. The average Bonchev–Trinajstić information content (AvgIpc) is 2.86. The van der Waals surface area contributed by atoms with Gasteiger partial charge in [0.2, 0.25) is 0 Å². The third-order valence-electron chi connectivity index (χ3n) is 2.47. The number of carbonyl (C=O) groups is 1. The first-order valence-corrected chi connectivity index (χ1v) is 7.79. The molecule has 2 rings (SSSR count). The summed E-state index contributed by atoms with van der Waals surface area (Å²) in [7, 11) is -3.81. The highest BCUT2D eigenvalue weighted by Gasteiger charge is 2.19. The highest BCUT2D eigenvalue weighted by Crippen LogP contribution is 2.23. The summed E-state index contributed by atoms with van der Waals surface area (Å²) >= 11 is 1.23. The zero-order chi connectivity index (χ0) is 14.9. The fourth-order valence-electron chi connectivity index (χ4n) is 1.40. The highest BCUT2D eigenvalue weighted by molar-refractivity contribution is 7.93. The van der Waals surface area contributed by atoms with Crippen LogP contribution >= 0.6 is 11.3 Å². The number of carboxylic acid groups (broad SMARTS) is 1. The molecule has 2 N–H and O–H groups in total. The predicted molar refractivity (Wildman–Crippen MR) is 72.3 cm³/mol. The second-order valence-corrected chi connectivity index (χ2v) is 6.92. The fraction of sp³-hybridized carbons (Fsp3) is 0.300. The van der Waals surface area contributed by atoms with E-state index in [1.165, 1.54) is 11.3 Å². The van der Waals surface area contributed by atoms with Gasteiger partial charge in [-0.05, 0) is 13.8 Å². The van der Waals surface area contributed by atoms with Crippen molar-refractivity contribution in [1.29, 1.82) is 0 Å². The van der Waals surface area contributed by atoms with Crippen molar-refractivity contribution in [2.45, 2.75) is 25.3 Å². The Bertz CT molecular complexity index is 728. The molecule has 0 saturated carbocycles. The van der Waals surface area contributed by atoms with E-state index in [0.717, 1.165) is 27.6 Å². The van der Waals surface area contributed by atoms with E-state index in [0.29, 0.717) is 0 Å². The number of aromatic nitrogens is 3. The van der Waals surface area contributed by atoms with Gasteiger partial charge >= 0.3 is 5.97 Å². The van der Waals surface area contributed by atoms with E-state index in [-0.39, 0.29) is 10.0 Å². The minimum atomic E-state index is -3.81. The van der Waals surface area contributed by atoms with Crippen LogP contribution in [0.4, 0.5) is 5.13 Å². The fourth-order valence-corrected chi connectivity index (χ4v) is 3.40. The van der Waals surface area contributed by atoms with E-state index >= 15 is 0 Å². The monoisotopic (exact) mass is 316 g/mol. The van der Waals surface area contributed by atoms with E-state index in [2.05, 4.69) is 14.8 Å². The molecule has 0 bridgehead atoms. The van der Waals surface area contributed by atoms with Crippen molar-refractivity contribution >= 4 is 32.5 Å². The summed E-state index contributed by atoms with van der Waals surface area (Å²) in [5, 5.41) is 12.6. The lowest BCUT2D eigenvalue weighted by atomic mass is 10.4. The third-order valence-corrected chi connectivity index (χ3v) is 4.88. The largest absolute Gasteiger partial charge is 0.480 e. The van der Waals surface area contributed by atoms with Gasteiger partial charge in [-0.15, -0.1) is 11.3 Å². The number of rotatable bonds is 5. The smallest absolute Gasteiger partial charge is 0.325 e. The lowest BCUT2D eigenvalue weighted by molar-refractivity contribution is -0.137. The van der Waals surface area contributed by atoms with E-state index < -0.39 is 22.5 Å². The van der Waals surface area contributed by atoms with Crippen LogP contribution in [-0.4, -0.2) is 34.3 Å². The van der Waals surface area contributed by atoms with Crippen LogP contribution in [-0.2, 0) is 21.4 Å². The van der Waals surface area contributed by atoms with Gasteiger partial charge in [-0.1, -0.05) is 0 Å². The maximum Gasteiger partial charge on any atom is 0.325 e. The number of nitrogens with one attached hydrogen (secondary N) is 1. The summed E-state index contributed by atoms with van der Waals surface area (Å²) in [5.41, 5.74) is 0.759. The maximum absolute atomic E-state index is 12.1. The number of anilines is 1. The molecule has 2 heterocycles. The number of thiazole rings is 1. The van der Waals surface area contributed by atoms with Crippen LogP contribution in [0.5, 0.6) is 0 Å². The van der Waals surface area contributed by atoms with Crippen molar-refractivity contribution in [2.75, 3.05) is 4.72 Å². The molecule has 0 aliphatic carbocycles. The first-order valence-electron chi connectivity index (χ1n) is 5.49. The van der Waals surface area contributed by atoms with E-state index in [4.69, 9.17) is 5.11 Å². The zero-order valence-electron chi connectivity index (χ0n) is 10.7. The van der Waals surface area contributed by atoms with Gasteiger partial charge in [0, 0.05) is 11.1 Å². The maximum atomic E-state index is 12.1. The Morgan fingerprint density at radius 2 is 2.20 bits per heavy atom. The van der Waals surface area contributed by atoms with Crippen LogP contribution in [0.1, 0.15) is 10.6 Å². The van der Waals surface area contributed by atoms with Crippen LogP contribution in [0, 0.1) is 13.8 Å². The summed E-state index contributed by atoms with van der Waals surface area (Å²) in [4.78, 5) is 15.4. The molecule has 0 aliphatic heterocycles. The average molecular weight is 316 g/mol. The third kappa shape index (κ3) is 3.14. The Labute approximate surface area is 119 Å². The molecule has 0 radical (unpaired) electrons. The molecule has 8 nitrogen and oxygen atoms in total. The normalized spacial score (nSPS) is 11.5. The first kappa shape index (κ1) is 14.5. The first-order chi connectivity index (χ1) is 9.28. The van der Waals surface area contributed by atoms with E-state index in [1.807, 2.05) is 6.92 Å². The summed E-state index contributed by atoms with van der Waals surface area (Å²) in [5.74, 6) is -1.10. The van der Waals surface area contributed by atoms with Gasteiger partial charge in [-0.2, -0.15) is 5.10 Å². The van der Waals surface area contributed by atoms with E-state index in [9.17, 15) is 13.2 Å². The van der Waals surface area contributed by atoms with Crippen molar-refractivity contribution in [3.05, 3.63) is 23.0 Å². The van der Waals surface area contributed by atoms with Crippen molar-refractivity contribution in [1.82, 2.24) is 14.8 Å². The molecule has 0 unspecified atom stereocenters. The summed E-state index contributed by atoms with van der Waals surface area (Å²) in [6, 6.07) is 0. The SMILES string of the molecule is Cc1nc(NS(=O)(=O)c2cnn(CC(=O)O)c2)sc1C. The van der Waals surface area contributed by atoms with Crippen molar-refractivity contribution in [3.8, 4) is 0 Å². The Hall–Kier alpha value is -1.94. The van der Waals surface area contributed by atoms with Crippen molar-refractivity contribution < 1.29 is 18.3 Å². The second-order valence-electron chi connectivity index (χ2n) is 4.03. The number of aryl methyl sites for hydroxylation is 2. The number of hydrogen-bond donors (Lipinski definition) is 2. The predicted octanol–water partition coefficient (Wildman–Crippen LogP) is 0.842. The molecule has 10 heteroatoms. The molecule has 20 heavy (non-hydrogen) atoms. The summed E-state index contributed by atoms with van der Waals surface area (Å²) in [6.07, 6.45) is 2.25. The van der Waals surface area contributed by atoms with Gasteiger partial charge in [-0.25, -0.2) is 13.4 Å². The molecule has 0 saturated heterocycles. The molecule has 0 spiro atoms. The zero-order valence-corrected chi connectivity index (χ0v) is 12.3. The van der Waals surface area contributed by atoms with Gasteiger partial charge in [0.15, 0.2) is 5.13 Å². The standard InChI is InChI=1S/C10H12N4O4S2/c1-6-7(2)19-10(12-6)13-20(17,18)8-3-11-14(4-8)5-9(15)16/h3-4H,5H2,1-2H3,(H,12,13)(H,15,16). The topological polar surface area (TPSA) is 114 Å². The van der Waals surface area contributed by atoms with Gasteiger partial charge < -0.3 is 5.11 Å². The molecule has 0 aliphatic rings. The van der Waals surface area contributed by atoms with E-state index in [1.54, 1.807) is 6.92 Å². The number of carboxylic acids is 1. The summed E-state index contributed by atoms with van der Waals surface area (Å²) < 4.78 is 27.5. The minimum Gasteiger partial charge on any atom is -0.480 e. The molecule has 2 aromatic rings. The molecular formula is C10H12N4O4S2. The Morgan fingerprint density at radius 1 is 1.50 bits per heavy atom. The molecule has 2 aromatic heterocycles. The van der Waals surface area contributed by atoms with Gasteiger partial charge in [0.1, 0.15) is 11.4 Å². The molecule has 0 atom stereocenters. The molecule has 108 valence electrons. The van der Waals surface area contributed by atoms with Crippen LogP contribution in [0.15, 0.2) is 17.3 Å². The van der Waals surface area contributed by atoms with Crippen molar-refractivity contribution in [3.63, 3.8) is 0 Å². The number of sulfonamides is 1. The number of hydrogen-bond acceptors (Lipinski definition) is 6. The molecule has 0 amide bonds. The quantitative estimate of drug-likeness (QED) is 0.845. The number of aliphatic carboxylic acids is 1. The summed E-state index contributed by atoms with van der Waals surface area (Å²) in [6.45, 7) is 3.23. The molecular weight excluding hydrogens is 304 g/mol.